The molecule has 1 fully saturated rings. The Balaban J connectivity index is 1.89. The highest BCUT2D eigenvalue weighted by Gasteiger charge is 2.41. The fourth-order valence-corrected chi connectivity index (χ4v) is 1.83. The van der Waals surface area contributed by atoms with Gasteiger partial charge in [-0.15, -0.1) is 0 Å². The average Bonchev–Trinajstić information content (AvgIpc) is 2.41. The Morgan fingerprint density at radius 1 is 1.33 bits per heavy atom. The zero-order valence-electron chi connectivity index (χ0n) is 10.2. The molecule has 4 heteroatoms. The standard InChI is InChI=1S/C14H16O4/c1-16-10-17-9-5-8-12-13(18-14(12)15)11-6-3-2-4-7-11/h2-8,12-13H,9-10H2,1H3/b8-5+/t12-,13?/m0/s1. The number of methoxy groups -OCH3 is 1. The van der Waals surface area contributed by atoms with Gasteiger partial charge in [0.1, 0.15) is 18.8 Å². The average molecular weight is 248 g/mol. The molecule has 0 bridgehead atoms. The summed E-state index contributed by atoms with van der Waals surface area (Å²) in [6.45, 7) is 0.681. The van der Waals surface area contributed by atoms with E-state index in [-0.39, 0.29) is 24.8 Å². The second-order valence-electron chi connectivity index (χ2n) is 4.00. The van der Waals surface area contributed by atoms with Crippen LogP contribution in [0, 0.1) is 5.92 Å². The minimum atomic E-state index is -0.210. The first-order chi connectivity index (χ1) is 8.83. The number of carbonyl (C=O) groups is 1. The van der Waals surface area contributed by atoms with Gasteiger partial charge in [-0.05, 0) is 5.56 Å². The van der Waals surface area contributed by atoms with Crippen molar-refractivity contribution in [3.8, 4) is 0 Å². The van der Waals surface area contributed by atoms with Crippen molar-refractivity contribution in [2.24, 2.45) is 5.92 Å². The molecule has 0 N–H and O–H groups in total. The summed E-state index contributed by atoms with van der Waals surface area (Å²) in [6, 6.07) is 9.72. The minimum Gasteiger partial charge on any atom is -0.456 e. The van der Waals surface area contributed by atoms with E-state index in [1.165, 1.54) is 0 Å². The zero-order valence-corrected chi connectivity index (χ0v) is 10.2. The van der Waals surface area contributed by atoms with Gasteiger partial charge in [-0.1, -0.05) is 42.5 Å². The van der Waals surface area contributed by atoms with Crippen molar-refractivity contribution in [1.82, 2.24) is 0 Å². The molecule has 0 aromatic heterocycles. The summed E-state index contributed by atoms with van der Waals surface area (Å²) < 4.78 is 15.0. The molecule has 4 nitrogen and oxygen atoms in total. The molecule has 1 saturated heterocycles. The summed E-state index contributed by atoms with van der Waals surface area (Å²) in [7, 11) is 1.57. The first-order valence-corrected chi connectivity index (χ1v) is 5.81. The molecule has 1 aliphatic heterocycles. The van der Waals surface area contributed by atoms with Crippen LogP contribution in [-0.4, -0.2) is 26.5 Å². The highest BCUT2D eigenvalue weighted by molar-refractivity contribution is 5.81. The Hall–Kier alpha value is -1.65. The SMILES string of the molecule is COCOC/C=C/[C@@H]1C(=O)OC1c1ccccc1. The second-order valence-corrected chi connectivity index (χ2v) is 4.00. The fourth-order valence-electron chi connectivity index (χ4n) is 1.83. The number of hydrogen-bond acceptors (Lipinski definition) is 4. The van der Waals surface area contributed by atoms with Crippen LogP contribution in [0.3, 0.4) is 0 Å². The van der Waals surface area contributed by atoms with Crippen LogP contribution < -0.4 is 0 Å². The molecular formula is C14H16O4. The Morgan fingerprint density at radius 3 is 2.78 bits per heavy atom. The molecule has 18 heavy (non-hydrogen) atoms. The Morgan fingerprint density at radius 2 is 2.11 bits per heavy atom. The van der Waals surface area contributed by atoms with Crippen molar-refractivity contribution in [3.63, 3.8) is 0 Å². The van der Waals surface area contributed by atoms with Crippen molar-refractivity contribution < 1.29 is 19.0 Å². The molecule has 1 heterocycles. The third-order valence-electron chi connectivity index (χ3n) is 2.73. The predicted molar refractivity (Wildman–Crippen MR) is 65.7 cm³/mol. The van der Waals surface area contributed by atoms with Crippen LogP contribution in [0.15, 0.2) is 42.5 Å². The molecular weight excluding hydrogens is 232 g/mol. The lowest BCUT2D eigenvalue weighted by atomic mass is 9.90. The van der Waals surface area contributed by atoms with Crippen LogP contribution >= 0.6 is 0 Å². The third kappa shape index (κ3) is 2.97. The van der Waals surface area contributed by atoms with Gasteiger partial charge in [0.25, 0.3) is 0 Å². The fraction of sp³-hybridized carbons (Fsp3) is 0.357. The van der Waals surface area contributed by atoms with Gasteiger partial charge in [0.05, 0.1) is 6.61 Å². The number of benzene rings is 1. The van der Waals surface area contributed by atoms with Gasteiger partial charge in [-0.3, -0.25) is 4.79 Å². The maximum Gasteiger partial charge on any atom is 0.317 e. The number of ether oxygens (including phenoxy) is 3. The number of cyclic esters (lactones) is 1. The topological polar surface area (TPSA) is 44.8 Å². The highest BCUT2D eigenvalue weighted by atomic mass is 16.7. The molecule has 1 unspecified atom stereocenters. The van der Waals surface area contributed by atoms with Gasteiger partial charge in [-0.2, -0.15) is 0 Å². The number of carbonyl (C=O) groups excluding carboxylic acids is 1. The predicted octanol–water partition coefficient (Wildman–Crippen LogP) is 2.08. The number of esters is 1. The van der Waals surface area contributed by atoms with E-state index < -0.39 is 0 Å². The van der Waals surface area contributed by atoms with Crippen LogP contribution in [-0.2, 0) is 19.0 Å². The molecule has 1 aliphatic rings. The maximum atomic E-state index is 11.4. The molecule has 96 valence electrons. The van der Waals surface area contributed by atoms with Crippen LogP contribution in [0.1, 0.15) is 11.7 Å². The summed E-state index contributed by atoms with van der Waals surface area (Å²) in [6.07, 6.45) is 3.48. The van der Waals surface area contributed by atoms with E-state index in [9.17, 15) is 4.79 Å². The summed E-state index contributed by atoms with van der Waals surface area (Å²) in [5.41, 5.74) is 1.02. The highest BCUT2D eigenvalue weighted by Crippen LogP contribution is 2.37. The van der Waals surface area contributed by atoms with Crippen LogP contribution in [0.4, 0.5) is 0 Å². The van der Waals surface area contributed by atoms with Crippen LogP contribution in [0.5, 0.6) is 0 Å². The van der Waals surface area contributed by atoms with Gasteiger partial charge in [0, 0.05) is 7.11 Å². The van der Waals surface area contributed by atoms with E-state index in [1.54, 1.807) is 7.11 Å². The van der Waals surface area contributed by atoms with E-state index in [0.717, 1.165) is 5.56 Å². The van der Waals surface area contributed by atoms with Gasteiger partial charge in [0.15, 0.2) is 0 Å². The van der Waals surface area contributed by atoms with E-state index >= 15 is 0 Å². The smallest absolute Gasteiger partial charge is 0.317 e. The Bertz CT molecular complexity index is 413. The van der Waals surface area contributed by atoms with Crippen LogP contribution in [0.25, 0.3) is 0 Å². The van der Waals surface area contributed by atoms with E-state index in [0.29, 0.717) is 6.61 Å². The summed E-state index contributed by atoms with van der Waals surface area (Å²) in [5, 5.41) is 0. The molecule has 1 aromatic rings. The van der Waals surface area contributed by atoms with E-state index in [2.05, 4.69) is 0 Å². The number of hydrogen-bond donors (Lipinski definition) is 0. The largest absolute Gasteiger partial charge is 0.456 e. The molecule has 0 amide bonds. The molecule has 2 rings (SSSR count). The zero-order chi connectivity index (χ0) is 12.8. The molecule has 0 spiro atoms. The maximum absolute atomic E-state index is 11.4. The summed E-state index contributed by atoms with van der Waals surface area (Å²) >= 11 is 0. The first kappa shape index (κ1) is 12.8. The van der Waals surface area contributed by atoms with Crippen LogP contribution in [0.2, 0.25) is 0 Å². The van der Waals surface area contributed by atoms with Crippen molar-refractivity contribution >= 4 is 5.97 Å². The third-order valence-corrected chi connectivity index (χ3v) is 2.73. The first-order valence-electron chi connectivity index (χ1n) is 5.81. The Labute approximate surface area is 106 Å². The molecule has 0 radical (unpaired) electrons. The minimum absolute atomic E-state index is 0.169. The normalized spacial score (nSPS) is 22.8. The lowest BCUT2D eigenvalue weighted by Crippen LogP contribution is -2.37. The van der Waals surface area contributed by atoms with Crippen molar-refractivity contribution in [2.75, 3.05) is 20.5 Å². The number of rotatable bonds is 6. The van der Waals surface area contributed by atoms with Crippen molar-refractivity contribution in [1.29, 1.82) is 0 Å². The summed E-state index contributed by atoms with van der Waals surface area (Å²) in [5.74, 6) is -0.398. The molecule has 0 saturated carbocycles. The molecule has 2 atom stereocenters. The van der Waals surface area contributed by atoms with Gasteiger partial charge < -0.3 is 14.2 Å². The van der Waals surface area contributed by atoms with E-state index in [4.69, 9.17) is 14.2 Å². The lowest BCUT2D eigenvalue weighted by molar-refractivity contribution is -0.180. The summed E-state index contributed by atoms with van der Waals surface area (Å²) in [4.78, 5) is 11.4. The quantitative estimate of drug-likeness (QED) is 0.334. The second kappa shape index (κ2) is 6.33. The van der Waals surface area contributed by atoms with Crippen molar-refractivity contribution in [2.45, 2.75) is 6.10 Å². The molecule has 0 aliphatic carbocycles. The van der Waals surface area contributed by atoms with Crippen molar-refractivity contribution in [3.05, 3.63) is 48.0 Å². The van der Waals surface area contributed by atoms with Gasteiger partial charge in [0.2, 0.25) is 0 Å². The van der Waals surface area contributed by atoms with E-state index in [1.807, 2.05) is 42.5 Å². The van der Waals surface area contributed by atoms with Gasteiger partial charge >= 0.3 is 5.97 Å². The lowest BCUT2D eigenvalue weighted by Gasteiger charge is -2.33. The monoisotopic (exact) mass is 248 g/mol. The molecule has 1 aromatic carbocycles. The Kier molecular flexibility index (Phi) is 4.50. The van der Waals surface area contributed by atoms with Gasteiger partial charge in [-0.25, -0.2) is 0 Å².